The lowest BCUT2D eigenvalue weighted by Gasteiger charge is -2.20. The monoisotopic (exact) mass is 380 g/mol. The number of aromatic nitrogens is 1. The molecule has 4 heteroatoms. The number of hydrogen-bond donors (Lipinski definition) is 3. The first kappa shape index (κ1) is 17.3. The summed E-state index contributed by atoms with van der Waals surface area (Å²) in [5.41, 5.74) is 6.04. The molecule has 4 nitrogen and oxygen atoms in total. The van der Waals surface area contributed by atoms with Crippen LogP contribution in [0.2, 0.25) is 0 Å². The molecule has 2 heterocycles. The van der Waals surface area contributed by atoms with Gasteiger partial charge in [0.1, 0.15) is 5.75 Å². The van der Waals surface area contributed by atoms with E-state index < -0.39 is 0 Å². The van der Waals surface area contributed by atoms with Crippen LogP contribution in [0.25, 0.3) is 10.9 Å². The van der Waals surface area contributed by atoms with Crippen LogP contribution >= 0.6 is 0 Å². The molecule has 3 N–H and O–H groups in total. The predicted molar refractivity (Wildman–Crippen MR) is 115 cm³/mol. The van der Waals surface area contributed by atoms with Gasteiger partial charge >= 0.3 is 0 Å². The molecule has 29 heavy (non-hydrogen) atoms. The van der Waals surface area contributed by atoms with E-state index in [2.05, 4.69) is 16.4 Å². The Hall–Kier alpha value is -3.79. The van der Waals surface area contributed by atoms with Crippen LogP contribution in [-0.4, -0.2) is 15.9 Å². The second-order valence-corrected chi connectivity index (χ2v) is 7.33. The Labute approximate surface area is 168 Å². The number of H-pyrrole nitrogens is 1. The average molecular weight is 380 g/mol. The minimum atomic E-state index is -0.256. The van der Waals surface area contributed by atoms with E-state index in [9.17, 15) is 9.90 Å². The summed E-state index contributed by atoms with van der Waals surface area (Å²) in [6.45, 7) is 2.04. The topological polar surface area (TPSA) is 65.1 Å². The Bertz CT molecular complexity index is 1270. The maximum Gasteiger partial charge on any atom is 0.195 e. The standard InChI is InChI=1S/C25H20N2O2/c1-15-22-23(16-8-3-2-4-9-16)18(25(29)17-10-5-6-13-21(17)28)14-26-19-11-7-12-20(27-15)24(19)22/h2-14,23,26-28H,1H3. The highest BCUT2D eigenvalue weighted by Crippen LogP contribution is 2.44. The Morgan fingerprint density at radius 1 is 0.931 bits per heavy atom. The fourth-order valence-corrected chi connectivity index (χ4v) is 4.29. The van der Waals surface area contributed by atoms with Crippen LogP contribution in [-0.2, 0) is 0 Å². The summed E-state index contributed by atoms with van der Waals surface area (Å²) in [6, 6.07) is 22.8. The van der Waals surface area contributed by atoms with Crippen molar-refractivity contribution >= 4 is 22.4 Å². The fraction of sp³-hybridized carbons (Fsp3) is 0.0800. The van der Waals surface area contributed by atoms with Gasteiger partial charge in [-0.2, -0.15) is 0 Å². The van der Waals surface area contributed by atoms with Gasteiger partial charge in [-0.05, 0) is 42.3 Å². The van der Waals surface area contributed by atoms with Gasteiger partial charge in [0, 0.05) is 40.0 Å². The third-order valence-electron chi connectivity index (χ3n) is 5.59. The molecule has 0 spiro atoms. The van der Waals surface area contributed by atoms with Crippen molar-refractivity contribution in [2.45, 2.75) is 12.8 Å². The zero-order valence-corrected chi connectivity index (χ0v) is 15.9. The number of para-hydroxylation sites is 1. The number of aromatic hydroxyl groups is 1. The number of carbonyl (C=O) groups excluding carboxylic acids is 1. The quantitative estimate of drug-likeness (QED) is 0.411. The minimum absolute atomic E-state index is 0.0112. The van der Waals surface area contributed by atoms with E-state index in [1.807, 2.05) is 49.4 Å². The Balaban J connectivity index is 1.79. The molecule has 0 fully saturated rings. The first-order valence-corrected chi connectivity index (χ1v) is 9.60. The smallest absolute Gasteiger partial charge is 0.195 e. The zero-order valence-electron chi connectivity index (χ0n) is 15.9. The van der Waals surface area contributed by atoms with Gasteiger partial charge in [0.2, 0.25) is 0 Å². The number of phenols is 1. The van der Waals surface area contributed by atoms with Crippen molar-refractivity contribution in [2.75, 3.05) is 5.32 Å². The van der Waals surface area contributed by atoms with Crippen molar-refractivity contribution in [1.29, 1.82) is 0 Å². The summed E-state index contributed by atoms with van der Waals surface area (Å²) in [4.78, 5) is 17.1. The number of ketones is 1. The number of benzene rings is 3. The van der Waals surface area contributed by atoms with Crippen molar-refractivity contribution in [3.8, 4) is 5.75 Å². The molecule has 1 aliphatic heterocycles. The minimum Gasteiger partial charge on any atom is -0.507 e. The van der Waals surface area contributed by atoms with Gasteiger partial charge in [-0.3, -0.25) is 4.79 Å². The van der Waals surface area contributed by atoms with Crippen molar-refractivity contribution < 1.29 is 9.90 Å². The van der Waals surface area contributed by atoms with Crippen LogP contribution in [0.1, 0.15) is 33.1 Å². The number of Topliss-reactive ketones (excluding diaryl/α,β-unsaturated/α-hetero) is 1. The number of anilines is 1. The van der Waals surface area contributed by atoms with Crippen molar-refractivity contribution in [1.82, 2.24) is 4.98 Å². The number of allylic oxidation sites excluding steroid dienone is 1. The summed E-state index contributed by atoms with van der Waals surface area (Å²) in [5.74, 6) is -0.456. The number of carbonyl (C=O) groups is 1. The number of nitrogens with one attached hydrogen (secondary N) is 2. The molecule has 0 amide bonds. The lowest BCUT2D eigenvalue weighted by atomic mass is 9.81. The predicted octanol–water partition coefficient (Wildman–Crippen LogP) is 5.51. The second kappa shape index (κ2) is 6.67. The van der Waals surface area contributed by atoms with Crippen LogP contribution in [0.15, 0.2) is 84.6 Å². The second-order valence-electron chi connectivity index (χ2n) is 7.33. The van der Waals surface area contributed by atoms with Crippen molar-refractivity contribution in [2.24, 2.45) is 0 Å². The van der Waals surface area contributed by atoms with E-state index in [1.54, 1.807) is 30.5 Å². The molecule has 0 saturated carbocycles. The van der Waals surface area contributed by atoms with Crippen LogP contribution in [0.3, 0.4) is 0 Å². The highest BCUT2D eigenvalue weighted by atomic mass is 16.3. The Morgan fingerprint density at radius 2 is 1.69 bits per heavy atom. The lowest BCUT2D eigenvalue weighted by Crippen LogP contribution is -2.15. The third-order valence-corrected chi connectivity index (χ3v) is 5.59. The van der Waals surface area contributed by atoms with E-state index in [1.165, 1.54) is 0 Å². The molecule has 1 aliphatic rings. The van der Waals surface area contributed by atoms with E-state index in [4.69, 9.17) is 0 Å². The summed E-state index contributed by atoms with van der Waals surface area (Å²) in [5, 5.41) is 14.7. The Morgan fingerprint density at radius 3 is 2.48 bits per heavy atom. The molecule has 4 aromatic rings. The van der Waals surface area contributed by atoms with Gasteiger partial charge in [-0.1, -0.05) is 48.5 Å². The Kier molecular flexibility index (Phi) is 3.98. The van der Waals surface area contributed by atoms with Crippen LogP contribution in [0.4, 0.5) is 5.69 Å². The number of rotatable bonds is 3. The molecular formula is C25H20N2O2. The highest BCUT2D eigenvalue weighted by Gasteiger charge is 2.32. The summed E-state index contributed by atoms with van der Waals surface area (Å²) in [7, 11) is 0. The number of aryl methyl sites for hydroxylation is 1. The van der Waals surface area contributed by atoms with Gasteiger partial charge in [0.15, 0.2) is 5.78 Å². The highest BCUT2D eigenvalue weighted by molar-refractivity contribution is 6.13. The zero-order chi connectivity index (χ0) is 20.0. The molecule has 1 aromatic heterocycles. The molecule has 1 unspecified atom stereocenters. The molecule has 5 rings (SSSR count). The van der Waals surface area contributed by atoms with E-state index in [-0.39, 0.29) is 17.5 Å². The molecule has 142 valence electrons. The maximum atomic E-state index is 13.6. The van der Waals surface area contributed by atoms with Gasteiger partial charge in [0.25, 0.3) is 0 Å². The summed E-state index contributed by atoms with van der Waals surface area (Å²) in [6.07, 6.45) is 1.79. The van der Waals surface area contributed by atoms with Crippen LogP contribution < -0.4 is 5.32 Å². The van der Waals surface area contributed by atoms with Crippen molar-refractivity contribution in [3.05, 3.63) is 107 Å². The molecule has 0 bridgehead atoms. The SMILES string of the molecule is Cc1[nH]c2cccc3c2c1C(c1ccccc1)C(C(=O)c1ccccc1O)=CN3. The number of hydrogen-bond acceptors (Lipinski definition) is 3. The van der Waals surface area contributed by atoms with Crippen molar-refractivity contribution in [3.63, 3.8) is 0 Å². The molecule has 0 radical (unpaired) electrons. The molecule has 0 aliphatic carbocycles. The van der Waals surface area contributed by atoms with E-state index in [0.717, 1.165) is 33.4 Å². The first-order chi connectivity index (χ1) is 14.1. The van der Waals surface area contributed by atoms with E-state index >= 15 is 0 Å². The van der Waals surface area contributed by atoms with E-state index in [0.29, 0.717) is 11.1 Å². The normalized spacial score (nSPS) is 15.5. The molecule has 1 atom stereocenters. The number of phenolic OH excluding ortho intramolecular Hbond substituents is 1. The van der Waals surface area contributed by atoms with Gasteiger partial charge < -0.3 is 15.4 Å². The fourth-order valence-electron chi connectivity index (χ4n) is 4.29. The lowest BCUT2D eigenvalue weighted by molar-refractivity contribution is 0.102. The summed E-state index contributed by atoms with van der Waals surface area (Å²) >= 11 is 0. The third kappa shape index (κ3) is 2.72. The van der Waals surface area contributed by atoms with Crippen LogP contribution in [0.5, 0.6) is 5.75 Å². The average Bonchev–Trinajstić information content (AvgIpc) is 2.96. The largest absolute Gasteiger partial charge is 0.507 e. The first-order valence-electron chi connectivity index (χ1n) is 9.60. The van der Waals surface area contributed by atoms with Gasteiger partial charge in [-0.15, -0.1) is 0 Å². The van der Waals surface area contributed by atoms with Gasteiger partial charge in [-0.25, -0.2) is 0 Å². The number of aromatic amines is 1. The maximum absolute atomic E-state index is 13.6. The molecule has 3 aromatic carbocycles. The molecule has 0 saturated heterocycles. The van der Waals surface area contributed by atoms with Crippen LogP contribution in [0, 0.1) is 6.92 Å². The van der Waals surface area contributed by atoms with Gasteiger partial charge in [0.05, 0.1) is 5.56 Å². The summed E-state index contributed by atoms with van der Waals surface area (Å²) < 4.78 is 0. The molecular weight excluding hydrogens is 360 g/mol.